The van der Waals surface area contributed by atoms with Crippen LogP contribution in [0.2, 0.25) is 0 Å². The van der Waals surface area contributed by atoms with Gasteiger partial charge in [0.05, 0.1) is 0 Å². The van der Waals surface area contributed by atoms with Crippen LogP contribution in [0.5, 0.6) is 0 Å². The highest BCUT2D eigenvalue weighted by Gasteiger charge is 2.33. The number of Topliss-reactive ketones (excluding diaryl/α,β-unsaturated/α-hetero) is 1. The summed E-state index contributed by atoms with van der Waals surface area (Å²) in [7, 11) is 0. The summed E-state index contributed by atoms with van der Waals surface area (Å²) in [5.74, 6) is 0.669. The van der Waals surface area contributed by atoms with E-state index in [1.54, 1.807) is 0 Å². The van der Waals surface area contributed by atoms with E-state index in [9.17, 15) is 9.59 Å². The number of amides is 1. The van der Waals surface area contributed by atoms with Crippen LogP contribution >= 0.6 is 0 Å². The van der Waals surface area contributed by atoms with Gasteiger partial charge in [0.2, 0.25) is 5.91 Å². The third-order valence-electron chi connectivity index (χ3n) is 6.99. The number of fused-ring (bicyclic) bond motifs is 1. The van der Waals surface area contributed by atoms with Crippen LogP contribution in [-0.2, 0) is 11.2 Å². The molecule has 4 rings (SSSR count). The van der Waals surface area contributed by atoms with Crippen LogP contribution in [0.1, 0.15) is 69.8 Å². The van der Waals surface area contributed by atoms with Crippen molar-refractivity contribution in [1.82, 2.24) is 4.90 Å². The van der Waals surface area contributed by atoms with E-state index in [2.05, 4.69) is 45.0 Å². The fourth-order valence-electron chi connectivity index (χ4n) is 5.38. The van der Waals surface area contributed by atoms with E-state index in [1.165, 1.54) is 22.3 Å². The van der Waals surface area contributed by atoms with Gasteiger partial charge in [-0.05, 0) is 80.2 Å². The number of carbonyl (C=O) groups excluding carboxylic acids is 2. The van der Waals surface area contributed by atoms with E-state index in [1.807, 2.05) is 17.0 Å². The number of likely N-dealkylation sites (tertiary alicyclic amines) is 1. The molecule has 2 aromatic carbocycles. The van der Waals surface area contributed by atoms with Crippen molar-refractivity contribution in [2.45, 2.75) is 58.8 Å². The van der Waals surface area contributed by atoms with Gasteiger partial charge in [0.15, 0.2) is 5.78 Å². The third-order valence-corrected chi connectivity index (χ3v) is 6.99. The molecule has 0 bridgehead atoms. The molecule has 0 N–H and O–H groups in total. The lowest BCUT2D eigenvalue weighted by molar-refractivity contribution is -0.136. The highest BCUT2D eigenvalue weighted by Crippen LogP contribution is 2.34. The lowest BCUT2D eigenvalue weighted by Gasteiger charge is -2.35. The van der Waals surface area contributed by atoms with Gasteiger partial charge in [0.25, 0.3) is 0 Å². The van der Waals surface area contributed by atoms with Gasteiger partial charge in [-0.15, -0.1) is 0 Å². The molecule has 0 radical (unpaired) electrons. The first-order valence-electron chi connectivity index (χ1n) is 10.9. The van der Waals surface area contributed by atoms with Crippen molar-refractivity contribution in [3.63, 3.8) is 0 Å². The normalized spacial score (nSPS) is 20.3. The number of piperidine rings is 1. The molecule has 0 aromatic heterocycles. The van der Waals surface area contributed by atoms with Crippen molar-refractivity contribution in [3.8, 4) is 0 Å². The number of hydrogen-bond acceptors (Lipinski definition) is 2. The van der Waals surface area contributed by atoms with E-state index in [0.29, 0.717) is 12.3 Å². The Bertz CT molecular complexity index is 917. The highest BCUT2D eigenvalue weighted by molar-refractivity contribution is 6.00. The molecular formula is C26H31NO2. The van der Waals surface area contributed by atoms with Crippen LogP contribution in [0.4, 0.5) is 0 Å². The van der Waals surface area contributed by atoms with E-state index in [-0.39, 0.29) is 17.6 Å². The molecule has 0 saturated carbocycles. The second-order valence-corrected chi connectivity index (χ2v) is 8.87. The molecule has 152 valence electrons. The molecule has 1 amide bonds. The molecule has 3 nitrogen and oxygen atoms in total. The lowest BCUT2D eigenvalue weighted by atomic mass is 9.83. The van der Waals surface area contributed by atoms with Gasteiger partial charge < -0.3 is 4.90 Å². The van der Waals surface area contributed by atoms with Gasteiger partial charge in [0, 0.05) is 31.0 Å². The molecule has 3 heteroatoms. The van der Waals surface area contributed by atoms with Crippen molar-refractivity contribution >= 4 is 11.7 Å². The second-order valence-electron chi connectivity index (χ2n) is 8.87. The zero-order valence-corrected chi connectivity index (χ0v) is 17.8. The van der Waals surface area contributed by atoms with Crippen LogP contribution < -0.4 is 0 Å². The smallest absolute Gasteiger partial charge is 0.226 e. The summed E-state index contributed by atoms with van der Waals surface area (Å²) in [6, 6.07) is 12.4. The van der Waals surface area contributed by atoms with Crippen molar-refractivity contribution in [2.75, 3.05) is 13.1 Å². The highest BCUT2D eigenvalue weighted by atomic mass is 16.2. The molecular weight excluding hydrogens is 358 g/mol. The first kappa shape index (κ1) is 19.9. The number of carbonyl (C=O) groups is 2. The predicted molar refractivity (Wildman–Crippen MR) is 116 cm³/mol. The first-order valence-corrected chi connectivity index (χ1v) is 10.9. The molecule has 1 heterocycles. The minimum Gasteiger partial charge on any atom is -0.342 e. The molecule has 1 aliphatic heterocycles. The minimum atomic E-state index is -0.175. The first-order chi connectivity index (χ1) is 14.0. The van der Waals surface area contributed by atoms with Crippen molar-refractivity contribution in [3.05, 3.63) is 69.8 Å². The Labute approximate surface area is 174 Å². The van der Waals surface area contributed by atoms with Crippen LogP contribution in [-0.4, -0.2) is 29.7 Å². The maximum absolute atomic E-state index is 13.2. The van der Waals surface area contributed by atoms with Gasteiger partial charge in [-0.3, -0.25) is 9.59 Å². The van der Waals surface area contributed by atoms with Gasteiger partial charge >= 0.3 is 0 Å². The summed E-state index contributed by atoms with van der Waals surface area (Å²) < 4.78 is 0. The fourth-order valence-corrected chi connectivity index (χ4v) is 5.38. The Kier molecular flexibility index (Phi) is 5.58. The number of ketones is 1. The van der Waals surface area contributed by atoms with E-state index in [0.717, 1.165) is 49.9 Å². The Morgan fingerprint density at radius 1 is 0.897 bits per heavy atom. The fraction of sp³-hybridized carbons (Fsp3) is 0.462. The molecule has 0 spiro atoms. The number of nitrogens with zero attached hydrogens (tertiary/aromatic N) is 1. The topological polar surface area (TPSA) is 37.4 Å². The summed E-state index contributed by atoms with van der Waals surface area (Å²) in [6.07, 6.45) is 3.98. The van der Waals surface area contributed by atoms with E-state index in [4.69, 9.17) is 0 Å². The maximum atomic E-state index is 13.2. The molecule has 1 atom stereocenters. The van der Waals surface area contributed by atoms with E-state index < -0.39 is 0 Å². The van der Waals surface area contributed by atoms with Gasteiger partial charge in [0.1, 0.15) is 0 Å². The van der Waals surface area contributed by atoms with Crippen LogP contribution in [0, 0.1) is 26.7 Å². The molecule has 29 heavy (non-hydrogen) atoms. The Morgan fingerprint density at radius 2 is 1.52 bits per heavy atom. The standard InChI is InChI=1S/C26H31NO2/c1-17-6-5-9-23-22(17)11-10-21(16-24(23)28)26(29)27-14-12-20(13-15-27)25-18(2)7-4-8-19(25)3/h4-9,20-21H,10-16H2,1-3H3. The van der Waals surface area contributed by atoms with Crippen molar-refractivity contribution in [1.29, 1.82) is 0 Å². The van der Waals surface area contributed by atoms with Gasteiger partial charge in [-0.2, -0.15) is 0 Å². The lowest BCUT2D eigenvalue weighted by Crippen LogP contribution is -2.42. The summed E-state index contributed by atoms with van der Waals surface area (Å²) in [5.41, 5.74) is 7.32. The number of rotatable bonds is 2. The van der Waals surface area contributed by atoms with Crippen LogP contribution in [0.25, 0.3) is 0 Å². The summed E-state index contributed by atoms with van der Waals surface area (Å²) in [5, 5.41) is 0. The Hall–Kier alpha value is -2.42. The number of hydrogen-bond donors (Lipinski definition) is 0. The van der Waals surface area contributed by atoms with Crippen LogP contribution in [0.15, 0.2) is 36.4 Å². The Balaban J connectivity index is 1.43. The van der Waals surface area contributed by atoms with Crippen molar-refractivity contribution in [2.24, 2.45) is 5.92 Å². The average Bonchev–Trinajstić information content (AvgIpc) is 2.88. The largest absolute Gasteiger partial charge is 0.342 e. The summed E-state index contributed by atoms with van der Waals surface area (Å²) in [4.78, 5) is 28.1. The Morgan fingerprint density at radius 3 is 2.21 bits per heavy atom. The molecule has 2 aromatic rings. The zero-order valence-electron chi connectivity index (χ0n) is 17.8. The number of aryl methyl sites for hydroxylation is 3. The monoisotopic (exact) mass is 389 g/mol. The SMILES string of the molecule is Cc1cccc2c1CCC(C(=O)N1CCC(c3c(C)cccc3C)CC1)CC2=O. The summed E-state index contributed by atoms with van der Waals surface area (Å²) >= 11 is 0. The third kappa shape index (κ3) is 3.88. The molecule has 1 fully saturated rings. The maximum Gasteiger partial charge on any atom is 0.226 e. The number of benzene rings is 2. The molecule has 2 aliphatic rings. The van der Waals surface area contributed by atoms with Gasteiger partial charge in [-0.25, -0.2) is 0 Å². The molecule has 1 aliphatic carbocycles. The summed E-state index contributed by atoms with van der Waals surface area (Å²) in [6.45, 7) is 8.04. The van der Waals surface area contributed by atoms with E-state index >= 15 is 0 Å². The predicted octanol–water partition coefficient (Wildman–Crippen LogP) is 5.15. The molecule has 1 saturated heterocycles. The quantitative estimate of drug-likeness (QED) is 0.666. The van der Waals surface area contributed by atoms with Crippen LogP contribution in [0.3, 0.4) is 0 Å². The molecule has 1 unspecified atom stereocenters. The minimum absolute atomic E-state index is 0.130. The average molecular weight is 390 g/mol. The second kappa shape index (κ2) is 8.14. The van der Waals surface area contributed by atoms with Gasteiger partial charge in [-0.1, -0.05) is 36.4 Å². The van der Waals surface area contributed by atoms with Crippen molar-refractivity contribution < 1.29 is 9.59 Å². The zero-order chi connectivity index (χ0) is 20.5.